The van der Waals surface area contributed by atoms with E-state index in [4.69, 9.17) is 0 Å². The van der Waals surface area contributed by atoms with E-state index in [0.717, 1.165) is 39.0 Å². The lowest BCUT2D eigenvalue weighted by atomic mass is 9.68. The van der Waals surface area contributed by atoms with Gasteiger partial charge >= 0.3 is 0 Å². The van der Waals surface area contributed by atoms with Gasteiger partial charge < -0.3 is 4.90 Å². The SMILES string of the molecule is Cc1sc2ncn(CCC(=O)N3CC4CC5CC(C4)CC3C5)c(=O)c2c1C. The van der Waals surface area contributed by atoms with Crippen molar-refractivity contribution in [3.8, 4) is 0 Å². The van der Waals surface area contributed by atoms with Gasteiger partial charge in [0.25, 0.3) is 5.56 Å². The molecule has 2 saturated heterocycles. The minimum Gasteiger partial charge on any atom is -0.339 e. The van der Waals surface area contributed by atoms with Crippen LogP contribution in [-0.2, 0) is 11.3 Å². The van der Waals surface area contributed by atoms with Gasteiger partial charge in [0, 0.05) is 30.4 Å². The van der Waals surface area contributed by atoms with Crippen LogP contribution in [0.15, 0.2) is 11.1 Å². The van der Waals surface area contributed by atoms with Gasteiger partial charge in [-0.05, 0) is 69.3 Å². The average molecular weight is 386 g/mol. The lowest BCUT2D eigenvalue weighted by Gasteiger charge is -2.39. The predicted molar refractivity (Wildman–Crippen MR) is 107 cm³/mol. The van der Waals surface area contributed by atoms with Crippen LogP contribution < -0.4 is 5.56 Å². The van der Waals surface area contributed by atoms with Crippen LogP contribution >= 0.6 is 11.3 Å². The number of carbonyl (C=O) groups is 1. The maximum Gasteiger partial charge on any atom is 0.262 e. The Balaban J connectivity index is 1.34. The molecule has 2 aliphatic carbocycles. The minimum atomic E-state index is -0.00879. The highest BCUT2D eigenvalue weighted by Gasteiger charge is 2.43. The monoisotopic (exact) mass is 385 g/mol. The summed E-state index contributed by atoms with van der Waals surface area (Å²) in [5.74, 6) is 2.59. The van der Waals surface area contributed by atoms with Gasteiger partial charge in [0.05, 0.1) is 11.7 Å². The summed E-state index contributed by atoms with van der Waals surface area (Å²) in [7, 11) is 0. The lowest BCUT2D eigenvalue weighted by molar-refractivity contribution is -0.134. The molecule has 2 unspecified atom stereocenters. The molecule has 1 amide bonds. The molecule has 6 rings (SSSR count). The second kappa shape index (κ2) is 6.43. The molecule has 6 heteroatoms. The number of carbonyl (C=O) groups excluding carboxylic acids is 1. The molecule has 0 N–H and O–H groups in total. The molecule has 0 spiro atoms. The van der Waals surface area contributed by atoms with Gasteiger partial charge in [-0.3, -0.25) is 14.2 Å². The van der Waals surface area contributed by atoms with E-state index < -0.39 is 0 Å². The van der Waals surface area contributed by atoms with Crippen LogP contribution in [0.2, 0.25) is 0 Å². The fourth-order valence-corrected chi connectivity index (χ4v) is 6.87. The number of aryl methyl sites for hydroxylation is 3. The van der Waals surface area contributed by atoms with Gasteiger partial charge in [0.15, 0.2) is 0 Å². The maximum absolute atomic E-state index is 13.0. The Morgan fingerprint density at radius 3 is 2.59 bits per heavy atom. The van der Waals surface area contributed by atoms with Crippen LogP contribution in [0.1, 0.15) is 49.0 Å². The van der Waals surface area contributed by atoms with E-state index in [1.54, 1.807) is 22.2 Å². The quantitative estimate of drug-likeness (QED) is 0.812. The largest absolute Gasteiger partial charge is 0.339 e. The molecule has 144 valence electrons. The number of thiophene rings is 1. The molecule has 27 heavy (non-hydrogen) atoms. The third-order valence-electron chi connectivity index (χ3n) is 7.15. The molecule has 5 nitrogen and oxygen atoms in total. The van der Waals surface area contributed by atoms with E-state index in [1.807, 2.05) is 13.8 Å². The molecule has 4 aliphatic rings. The highest BCUT2D eigenvalue weighted by Crippen LogP contribution is 2.47. The summed E-state index contributed by atoms with van der Waals surface area (Å²) in [4.78, 5) is 34.4. The molecule has 4 fully saturated rings. The Hall–Kier alpha value is -1.69. The summed E-state index contributed by atoms with van der Waals surface area (Å²) in [5.41, 5.74) is 1.01. The molecule has 2 aromatic heterocycles. The van der Waals surface area contributed by atoms with E-state index in [2.05, 4.69) is 9.88 Å². The minimum absolute atomic E-state index is 0.00879. The normalized spacial score (nSPS) is 29.5. The summed E-state index contributed by atoms with van der Waals surface area (Å²) in [5, 5.41) is 0.721. The number of amides is 1. The molecule has 4 heterocycles. The highest BCUT2D eigenvalue weighted by molar-refractivity contribution is 7.18. The number of fused-ring (bicyclic) bond motifs is 2. The Kier molecular flexibility index (Phi) is 4.15. The van der Waals surface area contributed by atoms with Crippen molar-refractivity contribution in [2.45, 2.75) is 65.0 Å². The summed E-state index contributed by atoms with van der Waals surface area (Å²) in [6.45, 7) is 5.37. The first kappa shape index (κ1) is 17.4. The zero-order valence-electron chi connectivity index (χ0n) is 16.1. The van der Waals surface area contributed by atoms with Crippen LogP contribution in [0.3, 0.4) is 0 Å². The second-order valence-corrected chi connectivity index (χ2v) is 10.1. The van der Waals surface area contributed by atoms with E-state index in [-0.39, 0.29) is 11.5 Å². The van der Waals surface area contributed by atoms with Gasteiger partial charge in [-0.25, -0.2) is 4.98 Å². The Bertz CT molecular complexity index is 948. The maximum atomic E-state index is 13.0. The van der Waals surface area contributed by atoms with Crippen molar-refractivity contribution in [1.29, 1.82) is 0 Å². The summed E-state index contributed by atoms with van der Waals surface area (Å²) in [6.07, 6.45) is 8.41. The van der Waals surface area contributed by atoms with Gasteiger partial charge in [0.1, 0.15) is 4.83 Å². The smallest absolute Gasteiger partial charge is 0.262 e. The Morgan fingerprint density at radius 2 is 1.85 bits per heavy atom. The van der Waals surface area contributed by atoms with Crippen molar-refractivity contribution in [3.05, 3.63) is 27.1 Å². The third kappa shape index (κ3) is 2.93. The lowest BCUT2D eigenvalue weighted by Crippen LogP contribution is -2.42. The van der Waals surface area contributed by atoms with Crippen LogP contribution in [0.4, 0.5) is 0 Å². The Morgan fingerprint density at radius 1 is 1.15 bits per heavy atom. The first-order chi connectivity index (χ1) is 13.0. The predicted octanol–water partition coefficient (Wildman–Crippen LogP) is 3.50. The van der Waals surface area contributed by atoms with Gasteiger partial charge in [-0.15, -0.1) is 11.3 Å². The molecule has 0 aromatic carbocycles. The van der Waals surface area contributed by atoms with Crippen molar-refractivity contribution in [3.63, 3.8) is 0 Å². The summed E-state index contributed by atoms with van der Waals surface area (Å²) in [6, 6.07) is 0.438. The molecule has 2 aromatic rings. The molecule has 0 radical (unpaired) electrons. The van der Waals surface area contributed by atoms with E-state index in [0.29, 0.717) is 24.9 Å². The molecular formula is C21H27N3O2S. The van der Waals surface area contributed by atoms with Gasteiger partial charge in [-0.2, -0.15) is 0 Å². The topological polar surface area (TPSA) is 55.2 Å². The first-order valence-electron chi connectivity index (χ1n) is 10.2. The standard InChI is InChI=1S/C21H27N3O2S/c1-12-13(2)27-20-19(12)21(26)23(11-22-20)4-3-18(25)24-10-16-6-14-5-15(7-16)9-17(24)8-14/h11,14-17H,3-10H2,1-2H3. The van der Waals surface area contributed by atoms with Crippen molar-refractivity contribution in [2.24, 2.45) is 17.8 Å². The van der Waals surface area contributed by atoms with Gasteiger partial charge in [-0.1, -0.05) is 0 Å². The van der Waals surface area contributed by atoms with E-state index in [9.17, 15) is 9.59 Å². The van der Waals surface area contributed by atoms with Crippen LogP contribution in [-0.4, -0.2) is 32.9 Å². The van der Waals surface area contributed by atoms with E-state index in [1.165, 1.54) is 32.1 Å². The Labute approximate surface area is 163 Å². The van der Waals surface area contributed by atoms with Crippen LogP contribution in [0, 0.1) is 31.6 Å². The first-order valence-corrected chi connectivity index (χ1v) is 11.1. The fraction of sp³-hybridized carbons (Fsp3) is 0.667. The zero-order chi connectivity index (χ0) is 18.7. The molecule has 2 aliphatic heterocycles. The number of aromatic nitrogens is 2. The van der Waals surface area contributed by atoms with Gasteiger partial charge in [0.2, 0.25) is 5.91 Å². The average Bonchev–Trinajstić information content (AvgIpc) is 2.77. The molecule has 4 bridgehead atoms. The van der Waals surface area contributed by atoms with E-state index >= 15 is 0 Å². The number of hydrogen-bond donors (Lipinski definition) is 0. The number of hydrogen-bond acceptors (Lipinski definition) is 4. The molecule has 2 saturated carbocycles. The molecular weight excluding hydrogens is 358 g/mol. The number of nitrogens with zero attached hydrogens (tertiary/aromatic N) is 3. The third-order valence-corrected chi connectivity index (χ3v) is 8.26. The highest BCUT2D eigenvalue weighted by atomic mass is 32.1. The fourth-order valence-electron chi connectivity index (χ4n) is 5.88. The van der Waals surface area contributed by atoms with Crippen LogP contribution in [0.25, 0.3) is 10.2 Å². The van der Waals surface area contributed by atoms with Crippen LogP contribution in [0.5, 0.6) is 0 Å². The van der Waals surface area contributed by atoms with Crippen molar-refractivity contribution in [2.75, 3.05) is 6.54 Å². The van der Waals surface area contributed by atoms with Crippen molar-refractivity contribution < 1.29 is 4.79 Å². The zero-order valence-corrected chi connectivity index (χ0v) is 16.9. The molecule has 2 atom stereocenters. The second-order valence-electron chi connectivity index (χ2n) is 8.93. The summed E-state index contributed by atoms with van der Waals surface area (Å²) >= 11 is 1.57. The van der Waals surface area contributed by atoms with Crippen molar-refractivity contribution >= 4 is 27.5 Å². The summed E-state index contributed by atoms with van der Waals surface area (Å²) < 4.78 is 1.63. The van der Waals surface area contributed by atoms with Crippen molar-refractivity contribution in [1.82, 2.24) is 14.5 Å². The number of rotatable bonds is 3.